The SMILES string of the molecule is CC(=O)NCC1CN(S(=O)(=O)c2cncc(C)c2)c2cc(NC(=O)O)ccc2O1. The van der Waals surface area contributed by atoms with Gasteiger partial charge in [0.2, 0.25) is 5.91 Å². The molecule has 1 aromatic carbocycles. The van der Waals surface area contributed by atoms with Crippen molar-refractivity contribution in [3.63, 3.8) is 0 Å². The van der Waals surface area contributed by atoms with E-state index in [1.165, 1.54) is 37.4 Å². The maximum absolute atomic E-state index is 13.3. The van der Waals surface area contributed by atoms with Crippen LogP contribution in [0.3, 0.4) is 0 Å². The van der Waals surface area contributed by atoms with Gasteiger partial charge in [-0.1, -0.05) is 0 Å². The van der Waals surface area contributed by atoms with Crippen molar-refractivity contribution in [3.05, 3.63) is 42.2 Å². The number of aryl methyl sites for hydroxylation is 1. The van der Waals surface area contributed by atoms with E-state index in [1.54, 1.807) is 13.1 Å². The van der Waals surface area contributed by atoms with Gasteiger partial charge >= 0.3 is 6.09 Å². The number of nitrogens with zero attached hydrogens (tertiary/aromatic N) is 2. The lowest BCUT2D eigenvalue weighted by Gasteiger charge is -2.35. The summed E-state index contributed by atoms with van der Waals surface area (Å²) in [4.78, 5) is 26.2. The molecule has 1 aliphatic rings. The first-order valence-corrected chi connectivity index (χ1v) is 10.1. The van der Waals surface area contributed by atoms with E-state index in [9.17, 15) is 18.0 Å². The zero-order valence-corrected chi connectivity index (χ0v) is 16.6. The van der Waals surface area contributed by atoms with Crippen LogP contribution in [0, 0.1) is 6.92 Å². The summed E-state index contributed by atoms with van der Waals surface area (Å²) >= 11 is 0. The molecule has 0 saturated heterocycles. The molecule has 1 aromatic heterocycles. The molecule has 2 heterocycles. The van der Waals surface area contributed by atoms with Crippen LogP contribution in [-0.4, -0.2) is 49.7 Å². The second-order valence-corrected chi connectivity index (χ2v) is 8.39. The van der Waals surface area contributed by atoms with Crippen LogP contribution in [0.2, 0.25) is 0 Å². The molecule has 1 unspecified atom stereocenters. The number of hydrogen-bond donors (Lipinski definition) is 3. The average molecular weight is 420 g/mol. The molecule has 0 fully saturated rings. The van der Waals surface area contributed by atoms with Crippen LogP contribution in [0.25, 0.3) is 0 Å². The third kappa shape index (κ3) is 4.57. The second-order valence-electron chi connectivity index (χ2n) is 6.52. The van der Waals surface area contributed by atoms with Gasteiger partial charge in [0, 0.05) is 25.0 Å². The molecule has 3 rings (SSSR count). The number of sulfonamides is 1. The Balaban J connectivity index is 2.05. The lowest BCUT2D eigenvalue weighted by molar-refractivity contribution is -0.119. The number of hydrogen-bond acceptors (Lipinski definition) is 6. The quantitative estimate of drug-likeness (QED) is 0.667. The third-order valence-corrected chi connectivity index (χ3v) is 5.90. The fourth-order valence-corrected chi connectivity index (χ4v) is 4.45. The molecule has 3 N–H and O–H groups in total. The highest BCUT2D eigenvalue weighted by Crippen LogP contribution is 2.38. The number of carbonyl (C=O) groups is 2. The minimum absolute atomic E-state index is 0.000207. The molecule has 0 radical (unpaired) electrons. The minimum Gasteiger partial charge on any atom is -0.484 e. The lowest BCUT2D eigenvalue weighted by atomic mass is 10.2. The van der Waals surface area contributed by atoms with Gasteiger partial charge in [0.15, 0.2) is 0 Å². The summed E-state index contributed by atoms with van der Waals surface area (Å²) in [6, 6.07) is 5.84. The number of carboxylic acid groups (broad SMARTS) is 1. The molecule has 0 bridgehead atoms. The molecule has 154 valence electrons. The lowest BCUT2D eigenvalue weighted by Crippen LogP contribution is -2.48. The molecule has 10 nitrogen and oxygen atoms in total. The number of aromatic nitrogens is 1. The van der Waals surface area contributed by atoms with Gasteiger partial charge in [-0.3, -0.25) is 19.4 Å². The predicted molar refractivity (Wildman–Crippen MR) is 105 cm³/mol. The standard InChI is InChI=1S/C18H20N4O6S/c1-11-5-15(9-19-7-11)29(26,27)22-10-14(8-20-12(2)23)28-17-4-3-13(6-16(17)22)21-18(24)25/h3-7,9,14,21H,8,10H2,1-2H3,(H,20,23)(H,24,25). The Morgan fingerprint density at radius 1 is 1.31 bits per heavy atom. The van der Waals surface area contributed by atoms with Crippen LogP contribution in [0.4, 0.5) is 16.2 Å². The maximum atomic E-state index is 13.3. The number of rotatable bonds is 5. The van der Waals surface area contributed by atoms with Gasteiger partial charge < -0.3 is 15.2 Å². The first kappa shape index (κ1) is 20.4. The first-order valence-electron chi connectivity index (χ1n) is 8.66. The van der Waals surface area contributed by atoms with Gasteiger partial charge in [-0.15, -0.1) is 0 Å². The van der Waals surface area contributed by atoms with Crippen LogP contribution in [0.1, 0.15) is 12.5 Å². The average Bonchev–Trinajstić information content (AvgIpc) is 2.65. The number of pyridine rings is 1. The van der Waals surface area contributed by atoms with E-state index in [0.717, 1.165) is 4.31 Å². The zero-order valence-electron chi connectivity index (χ0n) is 15.7. The smallest absolute Gasteiger partial charge is 0.409 e. The van der Waals surface area contributed by atoms with E-state index in [4.69, 9.17) is 9.84 Å². The minimum atomic E-state index is -4.01. The van der Waals surface area contributed by atoms with Crippen molar-refractivity contribution in [2.45, 2.75) is 24.8 Å². The number of anilines is 2. The Bertz CT molecular complexity index is 1060. The number of fused-ring (bicyclic) bond motifs is 1. The van der Waals surface area contributed by atoms with E-state index in [0.29, 0.717) is 5.56 Å². The van der Waals surface area contributed by atoms with Crippen LogP contribution in [0.5, 0.6) is 5.75 Å². The molecule has 0 aliphatic carbocycles. The molecule has 29 heavy (non-hydrogen) atoms. The van der Waals surface area contributed by atoms with Crippen LogP contribution in [0.15, 0.2) is 41.6 Å². The highest BCUT2D eigenvalue weighted by Gasteiger charge is 2.35. The van der Waals surface area contributed by atoms with Gasteiger partial charge in [-0.2, -0.15) is 0 Å². The van der Waals surface area contributed by atoms with Crippen LogP contribution >= 0.6 is 0 Å². The summed E-state index contributed by atoms with van der Waals surface area (Å²) < 4.78 is 33.6. The van der Waals surface area contributed by atoms with Crippen molar-refractivity contribution in [1.82, 2.24) is 10.3 Å². The molecule has 1 atom stereocenters. The van der Waals surface area contributed by atoms with E-state index < -0.39 is 22.2 Å². The number of benzene rings is 1. The van der Waals surface area contributed by atoms with Crippen molar-refractivity contribution in [3.8, 4) is 5.75 Å². The summed E-state index contributed by atoms with van der Waals surface area (Å²) in [5.74, 6) is -0.00979. The summed E-state index contributed by atoms with van der Waals surface area (Å²) in [6.07, 6.45) is 0.889. The monoisotopic (exact) mass is 420 g/mol. The summed E-state index contributed by atoms with van der Waals surface area (Å²) in [7, 11) is -4.01. The van der Waals surface area contributed by atoms with Gasteiger partial charge in [0.05, 0.1) is 18.8 Å². The maximum Gasteiger partial charge on any atom is 0.409 e. The van der Waals surface area contributed by atoms with E-state index in [-0.39, 0.29) is 41.0 Å². The normalized spacial score (nSPS) is 15.8. The fraction of sp³-hybridized carbons (Fsp3) is 0.278. The Morgan fingerprint density at radius 3 is 2.72 bits per heavy atom. The van der Waals surface area contributed by atoms with Gasteiger partial charge in [-0.05, 0) is 36.8 Å². The molecule has 2 aromatic rings. The molecular weight excluding hydrogens is 400 g/mol. The molecule has 11 heteroatoms. The van der Waals surface area contributed by atoms with Crippen molar-refractivity contribution in [2.75, 3.05) is 22.7 Å². The van der Waals surface area contributed by atoms with Crippen LogP contribution < -0.4 is 19.7 Å². The van der Waals surface area contributed by atoms with E-state index in [2.05, 4.69) is 15.6 Å². The molecule has 0 spiro atoms. The van der Waals surface area contributed by atoms with Gasteiger partial charge in [0.1, 0.15) is 16.7 Å². The highest BCUT2D eigenvalue weighted by atomic mass is 32.2. The molecular formula is C18H20N4O6S. The molecule has 1 aliphatic heterocycles. The molecule has 0 saturated carbocycles. The number of amides is 2. The first-order chi connectivity index (χ1) is 13.7. The highest BCUT2D eigenvalue weighted by molar-refractivity contribution is 7.92. The Kier molecular flexibility index (Phi) is 5.59. The van der Waals surface area contributed by atoms with E-state index in [1.807, 2.05) is 0 Å². The van der Waals surface area contributed by atoms with Crippen molar-refractivity contribution < 1.29 is 27.9 Å². The van der Waals surface area contributed by atoms with Gasteiger partial charge in [0.25, 0.3) is 10.0 Å². The summed E-state index contributed by atoms with van der Waals surface area (Å²) in [6.45, 7) is 3.13. The summed E-state index contributed by atoms with van der Waals surface area (Å²) in [5, 5.41) is 13.8. The summed E-state index contributed by atoms with van der Waals surface area (Å²) in [5.41, 5.74) is 1.07. The fourth-order valence-electron chi connectivity index (χ4n) is 2.90. The van der Waals surface area contributed by atoms with E-state index >= 15 is 0 Å². The largest absolute Gasteiger partial charge is 0.484 e. The van der Waals surface area contributed by atoms with Gasteiger partial charge in [-0.25, -0.2) is 13.2 Å². The van der Waals surface area contributed by atoms with Crippen molar-refractivity contribution in [2.24, 2.45) is 0 Å². The molecule has 2 amide bonds. The number of carbonyl (C=O) groups excluding carboxylic acids is 1. The Labute approximate surface area is 167 Å². The predicted octanol–water partition coefficient (Wildman–Crippen LogP) is 1.57. The second kappa shape index (κ2) is 7.95. The number of nitrogens with one attached hydrogen (secondary N) is 2. The zero-order chi connectivity index (χ0) is 21.2. The third-order valence-electron chi connectivity index (χ3n) is 4.16. The topological polar surface area (TPSA) is 138 Å². The number of ether oxygens (including phenoxy) is 1. The Morgan fingerprint density at radius 2 is 2.07 bits per heavy atom. The van der Waals surface area contributed by atoms with Crippen molar-refractivity contribution >= 4 is 33.4 Å². The Hall–Kier alpha value is -3.34. The van der Waals surface area contributed by atoms with Crippen LogP contribution in [-0.2, 0) is 14.8 Å². The van der Waals surface area contributed by atoms with Crippen molar-refractivity contribution in [1.29, 1.82) is 0 Å².